The Morgan fingerprint density at radius 1 is 1.50 bits per heavy atom. The highest BCUT2D eigenvalue weighted by atomic mass is 16.1. The van der Waals surface area contributed by atoms with Gasteiger partial charge in [-0.1, -0.05) is 0 Å². The van der Waals surface area contributed by atoms with Crippen LogP contribution in [0.3, 0.4) is 0 Å². The van der Waals surface area contributed by atoms with Crippen molar-refractivity contribution in [2.45, 2.75) is 19.4 Å². The second-order valence-corrected chi connectivity index (χ2v) is 4.47. The summed E-state index contributed by atoms with van der Waals surface area (Å²) in [7, 11) is 3.62. The van der Waals surface area contributed by atoms with Gasteiger partial charge in [0.05, 0.1) is 24.4 Å². The molecule has 0 aliphatic rings. The van der Waals surface area contributed by atoms with E-state index >= 15 is 0 Å². The molecular formula is C12H17N5O. The van der Waals surface area contributed by atoms with Crippen LogP contribution in [0.25, 0.3) is 0 Å². The van der Waals surface area contributed by atoms with E-state index < -0.39 is 6.04 Å². The first kappa shape index (κ1) is 12.5. The molecule has 2 rings (SSSR count). The molecule has 18 heavy (non-hydrogen) atoms. The number of aryl methyl sites for hydroxylation is 3. The maximum atomic E-state index is 12.1. The van der Waals surface area contributed by atoms with Gasteiger partial charge in [0.2, 0.25) is 0 Å². The van der Waals surface area contributed by atoms with E-state index in [0.717, 1.165) is 17.0 Å². The van der Waals surface area contributed by atoms with Gasteiger partial charge in [0.1, 0.15) is 0 Å². The maximum Gasteiger partial charge on any atom is 0.160 e. The van der Waals surface area contributed by atoms with Crippen LogP contribution in [0.2, 0.25) is 0 Å². The van der Waals surface area contributed by atoms with Crippen molar-refractivity contribution in [2.75, 3.05) is 0 Å². The molecule has 0 fully saturated rings. The zero-order chi connectivity index (χ0) is 13.3. The van der Waals surface area contributed by atoms with Crippen LogP contribution in [-0.2, 0) is 25.3 Å². The van der Waals surface area contributed by atoms with E-state index in [9.17, 15) is 4.79 Å². The number of hydrogen-bond acceptors (Lipinski definition) is 4. The van der Waals surface area contributed by atoms with Crippen LogP contribution in [0.5, 0.6) is 0 Å². The van der Waals surface area contributed by atoms with E-state index in [0.29, 0.717) is 0 Å². The van der Waals surface area contributed by atoms with Gasteiger partial charge in [0.15, 0.2) is 5.78 Å². The minimum Gasteiger partial charge on any atom is -0.318 e. The van der Waals surface area contributed by atoms with E-state index in [2.05, 4.69) is 10.2 Å². The third kappa shape index (κ3) is 2.48. The normalized spacial score (nSPS) is 12.7. The van der Waals surface area contributed by atoms with Crippen molar-refractivity contribution in [1.29, 1.82) is 0 Å². The van der Waals surface area contributed by atoms with Crippen LogP contribution in [0.4, 0.5) is 0 Å². The first-order chi connectivity index (χ1) is 8.47. The molecule has 6 heteroatoms. The highest BCUT2D eigenvalue weighted by Gasteiger charge is 2.19. The fourth-order valence-corrected chi connectivity index (χ4v) is 1.90. The number of aromatic nitrogens is 4. The van der Waals surface area contributed by atoms with Gasteiger partial charge in [-0.25, -0.2) is 0 Å². The van der Waals surface area contributed by atoms with E-state index in [1.54, 1.807) is 28.8 Å². The van der Waals surface area contributed by atoms with Gasteiger partial charge in [0, 0.05) is 31.5 Å². The molecular weight excluding hydrogens is 230 g/mol. The van der Waals surface area contributed by atoms with Crippen LogP contribution in [0, 0.1) is 6.92 Å². The highest BCUT2D eigenvalue weighted by molar-refractivity contribution is 5.86. The fourth-order valence-electron chi connectivity index (χ4n) is 1.90. The smallest absolute Gasteiger partial charge is 0.160 e. The van der Waals surface area contributed by atoms with E-state index in [-0.39, 0.29) is 12.2 Å². The molecule has 0 aliphatic carbocycles. The van der Waals surface area contributed by atoms with Crippen molar-refractivity contribution < 1.29 is 4.79 Å². The summed E-state index contributed by atoms with van der Waals surface area (Å²) in [5.41, 5.74) is 8.43. The molecule has 0 bridgehead atoms. The van der Waals surface area contributed by atoms with Crippen molar-refractivity contribution in [3.63, 3.8) is 0 Å². The molecule has 1 atom stereocenters. The number of nitrogens with zero attached hydrogens (tertiary/aromatic N) is 4. The van der Waals surface area contributed by atoms with Crippen LogP contribution < -0.4 is 5.73 Å². The standard InChI is InChI=1S/C12H17N5O/c1-8-4-10(17(3)15-8)5-11(18)12(13)9-6-14-16(2)7-9/h4,6-7,12H,5,13H2,1-3H3. The van der Waals surface area contributed by atoms with Gasteiger partial charge in [-0.15, -0.1) is 0 Å². The van der Waals surface area contributed by atoms with Crippen molar-refractivity contribution in [3.05, 3.63) is 35.4 Å². The molecule has 0 saturated heterocycles. The number of Topliss-reactive ketones (excluding diaryl/α,β-unsaturated/α-hetero) is 1. The Labute approximate surface area is 105 Å². The molecule has 96 valence electrons. The summed E-state index contributed by atoms with van der Waals surface area (Å²) in [5, 5.41) is 8.22. The topological polar surface area (TPSA) is 78.7 Å². The van der Waals surface area contributed by atoms with Crippen LogP contribution in [0.15, 0.2) is 18.5 Å². The third-order valence-electron chi connectivity index (χ3n) is 2.89. The van der Waals surface area contributed by atoms with Gasteiger partial charge < -0.3 is 5.73 Å². The van der Waals surface area contributed by atoms with E-state index in [4.69, 9.17) is 5.73 Å². The molecule has 0 aromatic carbocycles. The summed E-state index contributed by atoms with van der Waals surface area (Å²) in [6.45, 7) is 1.90. The quantitative estimate of drug-likeness (QED) is 0.841. The summed E-state index contributed by atoms with van der Waals surface area (Å²) in [4.78, 5) is 12.1. The molecule has 0 spiro atoms. The maximum absolute atomic E-state index is 12.1. The molecule has 0 saturated carbocycles. The number of ketones is 1. The Morgan fingerprint density at radius 2 is 2.22 bits per heavy atom. The van der Waals surface area contributed by atoms with E-state index in [1.807, 2.05) is 20.0 Å². The van der Waals surface area contributed by atoms with Gasteiger partial charge >= 0.3 is 0 Å². The molecule has 0 radical (unpaired) electrons. The van der Waals surface area contributed by atoms with Crippen LogP contribution >= 0.6 is 0 Å². The highest BCUT2D eigenvalue weighted by Crippen LogP contribution is 2.13. The molecule has 2 aromatic rings. The number of carbonyl (C=O) groups is 1. The summed E-state index contributed by atoms with van der Waals surface area (Å²) in [6.07, 6.45) is 3.67. The SMILES string of the molecule is Cc1cc(CC(=O)C(N)c2cnn(C)c2)n(C)n1. The summed E-state index contributed by atoms with van der Waals surface area (Å²) >= 11 is 0. The Morgan fingerprint density at radius 3 is 2.72 bits per heavy atom. The van der Waals surface area contributed by atoms with Crippen molar-refractivity contribution in [2.24, 2.45) is 19.8 Å². The Balaban J connectivity index is 2.10. The zero-order valence-electron chi connectivity index (χ0n) is 10.8. The molecule has 2 heterocycles. The average molecular weight is 247 g/mol. The number of rotatable bonds is 4. The average Bonchev–Trinajstić information content (AvgIpc) is 2.85. The van der Waals surface area contributed by atoms with E-state index in [1.165, 1.54) is 0 Å². The lowest BCUT2D eigenvalue weighted by atomic mass is 10.0. The van der Waals surface area contributed by atoms with Crippen molar-refractivity contribution in [1.82, 2.24) is 19.6 Å². The largest absolute Gasteiger partial charge is 0.318 e. The second kappa shape index (κ2) is 4.73. The molecule has 0 amide bonds. The third-order valence-corrected chi connectivity index (χ3v) is 2.89. The zero-order valence-corrected chi connectivity index (χ0v) is 10.8. The lowest BCUT2D eigenvalue weighted by Gasteiger charge is -2.08. The van der Waals surface area contributed by atoms with Gasteiger partial charge in [-0.3, -0.25) is 14.2 Å². The van der Waals surface area contributed by atoms with Gasteiger partial charge in [0.25, 0.3) is 0 Å². The fraction of sp³-hybridized carbons (Fsp3) is 0.417. The van der Waals surface area contributed by atoms with Crippen molar-refractivity contribution in [3.8, 4) is 0 Å². The second-order valence-electron chi connectivity index (χ2n) is 4.47. The first-order valence-electron chi connectivity index (χ1n) is 5.73. The summed E-state index contributed by atoms with van der Waals surface area (Å²) in [5.74, 6) is -0.0361. The minimum atomic E-state index is -0.631. The monoisotopic (exact) mass is 247 g/mol. The van der Waals surface area contributed by atoms with Crippen molar-refractivity contribution >= 4 is 5.78 Å². The Hall–Kier alpha value is -1.95. The summed E-state index contributed by atoms with van der Waals surface area (Å²) < 4.78 is 3.35. The van der Waals surface area contributed by atoms with Gasteiger partial charge in [-0.05, 0) is 13.0 Å². The molecule has 6 nitrogen and oxygen atoms in total. The lowest BCUT2D eigenvalue weighted by Crippen LogP contribution is -2.23. The van der Waals surface area contributed by atoms with Crippen LogP contribution in [-0.4, -0.2) is 25.3 Å². The molecule has 2 N–H and O–H groups in total. The number of hydrogen-bond donors (Lipinski definition) is 1. The molecule has 1 unspecified atom stereocenters. The molecule has 2 aromatic heterocycles. The predicted molar refractivity (Wildman–Crippen MR) is 66.8 cm³/mol. The Bertz CT molecular complexity index is 569. The minimum absolute atomic E-state index is 0.0361. The van der Waals surface area contributed by atoms with Gasteiger partial charge in [-0.2, -0.15) is 10.2 Å². The Kier molecular flexibility index (Phi) is 3.29. The first-order valence-corrected chi connectivity index (χ1v) is 5.73. The predicted octanol–water partition coefficient (Wildman–Crippen LogP) is 0.274. The number of carbonyl (C=O) groups excluding carboxylic acids is 1. The molecule has 0 aliphatic heterocycles. The lowest BCUT2D eigenvalue weighted by molar-refractivity contribution is -0.119. The summed E-state index contributed by atoms with van der Waals surface area (Å²) in [6, 6.07) is 1.27. The number of nitrogens with two attached hydrogens (primary N) is 1. The van der Waals surface area contributed by atoms with Crippen LogP contribution in [0.1, 0.15) is 23.0 Å².